The molecule has 172 valence electrons. The molecule has 0 fully saturated rings. The van der Waals surface area contributed by atoms with Gasteiger partial charge < -0.3 is 9.64 Å². The second kappa shape index (κ2) is 9.27. The van der Waals surface area contributed by atoms with Crippen molar-refractivity contribution in [1.82, 2.24) is 14.7 Å². The van der Waals surface area contributed by atoms with E-state index in [4.69, 9.17) is 4.74 Å². The van der Waals surface area contributed by atoms with E-state index in [1.807, 2.05) is 0 Å². The molecule has 0 aliphatic heterocycles. The molecule has 0 saturated carbocycles. The van der Waals surface area contributed by atoms with Crippen molar-refractivity contribution < 1.29 is 27.5 Å². The minimum atomic E-state index is -4.58. The average molecular weight is 459 g/mol. The third kappa shape index (κ3) is 5.28. The molecule has 33 heavy (non-hydrogen) atoms. The van der Waals surface area contributed by atoms with Crippen molar-refractivity contribution in [2.24, 2.45) is 0 Å². The number of aromatic nitrogens is 2. The molecule has 1 unspecified atom stereocenters. The van der Waals surface area contributed by atoms with Crippen LogP contribution in [-0.2, 0) is 15.7 Å². The number of nitrogens with zero attached hydrogens (tertiary/aromatic N) is 3. The van der Waals surface area contributed by atoms with Crippen LogP contribution in [0.3, 0.4) is 0 Å². The molecule has 0 saturated heterocycles. The van der Waals surface area contributed by atoms with E-state index < -0.39 is 40.8 Å². The first-order valence-corrected chi connectivity index (χ1v) is 9.74. The summed E-state index contributed by atoms with van der Waals surface area (Å²) in [6.07, 6.45) is -5.92. The Morgan fingerprint density at radius 3 is 2.30 bits per heavy atom. The summed E-state index contributed by atoms with van der Waals surface area (Å²) in [5, 5.41) is 3.95. The lowest BCUT2D eigenvalue weighted by molar-refractivity contribution is -0.138. The lowest BCUT2D eigenvalue weighted by Crippen LogP contribution is -2.33. The predicted octanol–water partition coefficient (Wildman–Crippen LogP) is 3.55. The third-order valence-corrected chi connectivity index (χ3v) is 4.71. The van der Waals surface area contributed by atoms with Crippen molar-refractivity contribution in [1.29, 1.82) is 0 Å². The molecule has 0 spiro atoms. The van der Waals surface area contributed by atoms with Gasteiger partial charge in [0, 0.05) is 31.4 Å². The molecular weight excluding hydrogens is 439 g/mol. The molecule has 1 aromatic heterocycles. The minimum Gasteiger partial charge on any atom is -0.442 e. The standard InChI is InChI=1S/C23H20F3N3O4/c1-14-12-18(30)19(27-29(14)17-11-7-10-16(13-17)23(24,25)26)22(32)33-20(21(31)28(2)3)15-8-5-4-6-9-15/h4-13,20H,1-3H3. The Balaban J connectivity index is 2.02. The molecule has 7 nitrogen and oxygen atoms in total. The first-order valence-electron chi connectivity index (χ1n) is 9.74. The molecule has 0 radical (unpaired) electrons. The van der Waals surface area contributed by atoms with E-state index in [-0.39, 0.29) is 11.4 Å². The fraction of sp³-hybridized carbons (Fsp3) is 0.217. The Morgan fingerprint density at radius 2 is 1.70 bits per heavy atom. The van der Waals surface area contributed by atoms with Crippen molar-refractivity contribution in [2.45, 2.75) is 19.2 Å². The fourth-order valence-corrected chi connectivity index (χ4v) is 3.05. The van der Waals surface area contributed by atoms with Crippen LogP contribution in [0.4, 0.5) is 13.2 Å². The quantitative estimate of drug-likeness (QED) is 0.545. The normalized spacial score (nSPS) is 12.2. The van der Waals surface area contributed by atoms with Crippen LogP contribution in [0.1, 0.15) is 33.4 Å². The van der Waals surface area contributed by atoms with E-state index in [2.05, 4.69) is 5.10 Å². The van der Waals surface area contributed by atoms with Crippen LogP contribution in [0.2, 0.25) is 0 Å². The molecule has 0 aliphatic carbocycles. The van der Waals surface area contributed by atoms with Gasteiger partial charge in [0.25, 0.3) is 5.91 Å². The Morgan fingerprint density at radius 1 is 1.03 bits per heavy atom. The summed E-state index contributed by atoms with van der Waals surface area (Å²) < 4.78 is 45.7. The van der Waals surface area contributed by atoms with Crippen LogP contribution >= 0.6 is 0 Å². The van der Waals surface area contributed by atoms with Gasteiger partial charge in [0.1, 0.15) is 0 Å². The summed E-state index contributed by atoms with van der Waals surface area (Å²) in [7, 11) is 2.97. The van der Waals surface area contributed by atoms with Crippen LogP contribution in [0.5, 0.6) is 0 Å². The molecule has 10 heteroatoms. The molecule has 1 atom stereocenters. The van der Waals surface area contributed by atoms with E-state index in [1.165, 1.54) is 38.1 Å². The molecule has 2 aromatic carbocycles. The molecule has 0 bridgehead atoms. The monoisotopic (exact) mass is 459 g/mol. The van der Waals surface area contributed by atoms with Crippen molar-refractivity contribution in [3.63, 3.8) is 0 Å². The zero-order valence-corrected chi connectivity index (χ0v) is 18.0. The summed E-state index contributed by atoms with van der Waals surface area (Å²) in [5.41, 5.74) is -1.77. The minimum absolute atomic E-state index is 0.000326. The number of alkyl halides is 3. The molecular formula is C23H20F3N3O4. The van der Waals surface area contributed by atoms with Gasteiger partial charge in [-0.05, 0) is 25.1 Å². The maximum atomic E-state index is 13.1. The number of ether oxygens (including phenoxy) is 1. The predicted molar refractivity (Wildman–Crippen MR) is 113 cm³/mol. The number of carbonyl (C=O) groups is 2. The van der Waals surface area contributed by atoms with Gasteiger partial charge in [-0.15, -0.1) is 0 Å². The maximum absolute atomic E-state index is 13.1. The van der Waals surface area contributed by atoms with Crippen LogP contribution < -0.4 is 5.43 Å². The second-order valence-electron chi connectivity index (χ2n) is 7.39. The van der Waals surface area contributed by atoms with E-state index in [1.54, 1.807) is 30.3 Å². The first kappa shape index (κ1) is 23.7. The Bertz CT molecular complexity index is 1240. The smallest absolute Gasteiger partial charge is 0.416 e. The van der Waals surface area contributed by atoms with Crippen LogP contribution in [-0.4, -0.2) is 40.7 Å². The zero-order chi connectivity index (χ0) is 24.3. The highest BCUT2D eigenvalue weighted by Crippen LogP contribution is 2.30. The number of hydrogen-bond acceptors (Lipinski definition) is 5. The number of esters is 1. The molecule has 0 N–H and O–H groups in total. The second-order valence-corrected chi connectivity index (χ2v) is 7.39. The Hall–Kier alpha value is -3.95. The molecule has 0 aliphatic rings. The third-order valence-electron chi connectivity index (χ3n) is 4.71. The molecule has 3 aromatic rings. The zero-order valence-electron chi connectivity index (χ0n) is 18.0. The van der Waals surface area contributed by atoms with Gasteiger partial charge in [0.05, 0.1) is 11.3 Å². The summed E-state index contributed by atoms with van der Waals surface area (Å²) in [6.45, 7) is 1.46. The maximum Gasteiger partial charge on any atom is 0.416 e. The fourth-order valence-electron chi connectivity index (χ4n) is 3.05. The van der Waals surface area contributed by atoms with Crippen LogP contribution in [0, 0.1) is 6.92 Å². The molecule has 3 rings (SSSR count). The lowest BCUT2D eigenvalue weighted by Gasteiger charge is -2.21. The average Bonchev–Trinajstić information content (AvgIpc) is 2.77. The molecule has 1 heterocycles. The number of hydrogen-bond donors (Lipinski definition) is 0. The largest absolute Gasteiger partial charge is 0.442 e. The Kier molecular flexibility index (Phi) is 6.66. The number of carbonyl (C=O) groups excluding carboxylic acids is 2. The van der Waals surface area contributed by atoms with Gasteiger partial charge in [-0.3, -0.25) is 9.59 Å². The summed E-state index contributed by atoms with van der Waals surface area (Å²) in [6, 6.07) is 13.6. The number of rotatable bonds is 5. The van der Waals surface area contributed by atoms with Gasteiger partial charge in [0.2, 0.25) is 17.2 Å². The van der Waals surface area contributed by atoms with E-state index in [0.717, 1.165) is 22.9 Å². The number of benzene rings is 2. The number of halogens is 3. The van der Waals surface area contributed by atoms with Crippen molar-refractivity contribution in [3.8, 4) is 5.69 Å². The van der Waals surface area contributed by atoms with E-state index in [9.17, 15) is 27.6 Å². The summed E-state index contributed by atoms with van der Waals surface area (Å²) in [4.78, 5) is 39.1. The highest BCUT2D eigenvalue weighted by atomic mass is 19.4. The number of aryl methyl sites for hydroxylation is 1. The summed E-state index contributed by atoms with van der Waals surface area (Å²) >= 11 is 0. The van der Waals surface area contributed by atoms with Crippen molar-refractivity contribution >= 4 is 11.9 Å². The molecule has 1 amide bonds. The van der Waals surface area contributed by atoms with Gasteiger partial charge in [-0.25, -0.2) is 9.48 Å². The van der Waals surface area contributed by atoms with Gasteiger partial charge in [0.15, 0.2) is 0 Å². The van der Waals surface area contributed by atoms with Crippen molar-refractivity contribution in [3.05, 3.63) is 93.4 Å². The topological polar surface area (TPSA) is 81.5 Å². The van der Waals surface area contributed by atoms with E-state index in [0.29, 0.717) is 5.56 Å². The van der Waals surface area contributed by atoms with Crippen molar-refractivity contribution in [2.75, 3.05) is 14.1 Å². The Labute approximate surface area is 187 Å². The van der Waals surface area contributed by atoms with Crippen LogP contribution in [0.25, 0.3) is 5.69 Å². The highest BCUT2D eigenvalue weighted by molar-refractivity contribution is 5.91. The lowest BCUT2D eigenvalue weighted by atomic mass is 10.1. The van der Waals surface area contributed by atoms with Gasteiger partial charge >= 0.3 is 12.1 Å². The number of amides is 1. The van der Waals surface area contributed by atoms with Gasteiger partial charge in [-0.2, -0.15) is 18.3 Å². The summed E-state index contributed by atoms with van der Waals surface area (Å²) in [5.74, 6) is -1.72. The first-order chi connectivity index (χ1) is 15.5. The van der Waals surface area contributed by atoms with Gasteiger partial charge in [-0.1, -0.05) is 36.4 Å². The number of likely N-dealkylation sites (N-methyl/N-ethyl adjacent to an activating group) is 1. The SMILES string of the molecule is Cc1cc(=O)c(C(=O)OC(C(=O)N(C)C)c2ccccc2)nn1-c1cccc(C(F)(F)F)c1. The highest BCUT2D eigenvalue weighted by Gasteiger charge is 2.31. The van der Waals surface area contributed by atoms with E-state index >= 15 is 0 Å². The van der Waals surface area contributed by atoms with Crippen LogP contribution in [0.15, 0.2) is 65.5 Å².